The highest BCUT2D eigenvalue weighted by atomic mass is 35.5. The van der Waals surface area contributed by atoms with Gasteiger partial charge in [0.2, 0.25) is 0 Å². The van der Waals surface area contributed by atoms with Crippen molar-refractivity contribution in [3.8, 4) is 0 Å². The third-order valence-corrected chi connectivity index (χ3v) is 4.17. The van der Waals surface area contributed by atoms with Crippen LogP contribution in [0.2, 0.25) is 5.02 Å². The lowest BCUT2D eigenvalue weighted by atomic mass is 10.2. The van der Waals surface area contributed by atoms with Gasteiger partial charge in [-0.25, -0.2) is 0 Å². The molecule has 0 unspecified atom stereocenters. The first-order valence-corrected chi connectivity index (χ1v) is 6.36. The van der Waals surface area contributed by atoms with E-state index in [4.69, 9.17) is 11.6 Å². The van der Waals surface area contributed by atoms with Crippen LogP contribution in [0.5, 0.6) is 0 Å². The SMILES string of the molecule is Cc1csc(C(=O)NCc2cn[nH]c2C)c1Cl. The van der Waals surface area contributed by atoms with E-state index in [-0.39, 0.29) is 5.91 Å². The van der Waals surface area contributed by atoms with Gasteiger partial charge >= 0.3 is 0 Å². The second-order valence-electron chi connectivity index (χ2n) is 3.76. The average Bonchev–Trinajstić information content (AvgIpc) is 2.84. The fourth-order valence-electron chi connectivity index (χ4n) is 1.39. The molecule has 0 spiro atoms. The summed E-state index contributed by atoms with van der Waals surface area (Å²) >= 11 is 7.38. The third-order valence-electron chi connectivity index (χ3n) is 2.48. The summed E-state index contributed by atoms with van der Waals surface area (Å²) in [7, 11) is 0. The monoisotopic (exact) mass is 269 g/mol. The molecule has 0 saturated carbocycles. The molecule has 0 aliphatic carbocycles. The summed E-state index contributed by atoms with van der Waals surface area (Å²) in [5, 5.41) is 12.0. The molecule has 0 atom stereocenters. The van der Waals surface area contributed by atoms with Crippen LogP contribution in [0.25, 0.3) is 0 Å². The molecule has 90 valence electrons. The molecule has 2 aromatic heterocycles. The van der Waals surface area contributed by atoms with Gasteiger partial charge in [0.25, 0.3) is 5.91 Å². The van der Waals surface area contributed by atoms with Crippen LogP contribution < -0.4 is 5.32 Å². The molecule has 0 fully saturated rings. The number of hydrogen-bond acceptors (Lipinski definition) is 3. The number of aryl methyl sites for hydroxylation is 2. The molecule has 0 bridgehead atoms. The minimum absolute atomic E-state index is 0.145. The Labute approximate surface area is 108 Å². The van der Waals surface area contributed by atoms with Crippen molar-refractivity contribution in [1.82, 2.24) is 15.5 Å². The molecule has 2 aromatic rings. The second-order valence-corrected chi connectivity index (χ2v) is 5.02. The average molecular weight is 270 g/mol. The molecule has 6 heteroatoms. The summed E-state index contributed by atoms with van der Waals surface area (Å²) in [5.41, 5.74) is 2.86. The standard InChI is InChI=1S/C11H12ClN3OS/c1-6-5-17-10(9(6)12)11(16)13-3-8-4-14-15-7(8)2/h4-5H,3H2,1-2H3,(H,13,16)(H,14,15). The van der Waals surface area contributed by atoms with E-state index in [2.05, 4.69) is 15.5 Å². The lowest BCUT2D eigenvalue weighted by Gasteiger charge is -2.03. The van der Waals surface area contributed by atoms with Gasteiger partial charge in [0.1, 0.15) is 4.88 Å². The van der Waals surface area contributed by atoms with E-state index < -0.39 is 0 Å². The molecule has 2 rings (SSSR count). The minimum atomic E-state index is -0.145. The van der Waals surface area contributed by atoms with Gasteiger partial charge in [-0.1, -0.05) is 11.6 Å². The number of carbonyl (C=O) groups is 1. The van der Waals surface area contributed by atoms with Gasteiger partial charge in [0.05, 0.1) is 11.2 Å². The molecule has 0 aromatic carbocycles. The Morgan fingerprint density at radius 2 is 2.35 bits per heavy atom. The summed E-state index contributed by atoms with van der Waals surface area (Å²) in [6, 6.07) is 0. The Morgan fingerprint density at radius 1 is 1.59 bits per heavy atom. The molecule has 0 radical (unpaired) electrons. The number of amides is 1. The molecule has 1 amide bonds. The maximum Gasteiger partial charge on any atom is 0.263 e. The summed E-state index contributed by atoms with van der Waals surface area (Å²) in [6.07, 6.45) is 1.71. The van der Waals surface area contributed by atoms with Crippen LogP contribution in [0.4, 0.5) is 0 Å². The first-order valence-electron chi connectivity index (χ1n) is 5.10. The minimum Gasteiger partial charge on any atom is -0.347 e. The van der Waals surface area contributed by atoms with E-state index >= 15 is 0 Å². The van der Waals surface area contributed by atoms with Gasteiger partial charge < -0.3 is 5.32 Å². The zero-order valence-electron chi connectivity index (χ0n) is 9.50. The Hall–Kier alpha value is -1.33. The number of nitrogens with one attached hydrogen (secondary N) is 2. The van der Waals surface area contributed by atoms with Crippen LogP contribution in [-0.4, -0.2) is 16.1 Å². The zero-order valence-corrected chi connectivity index (χ0v) is 11.1. The van der Waals surface area contributed by atoms with E-state index in [1.165, 1.54) is 11.3 Å². The quantitative estimate of drug-likeness (QED) is 0.900. The van der Waals surface area contributed by atoms with Crippen molar-refractivity contribution >= 4 is 28.8 Å². The van der Waals surface area contributed by atoms with Gasteiger partial charge in [-0.2, -0.15) is 5.10 Å². The van der Waals surface area contributed by atoms with Crippen molar-refractivity contribution in [2.24, 2.45) is 0 Å². The fourth-order valence-corrected chi connectivity index (χ4v) is 2.59. The van der Waals surface area contributed by atoms with E-state index in [0.717, 1.165) is 16.8 Å². The first-order chi connectivity index (χ1) is 8.09. The lowest BCUT2D eigenvalue weighted by molar-refractivity contribution is 0.0955. The van der Waals surface area contributed by atoms with Crippen molar-refractivity contribution in [3.63, 3.8) is 0 Å². The van der Waals surface area contributed by atoms with E-state index in [1.54, 1.807) is 6.20 Å². The topological polar surface area (TPSA) is 57.8 Å². The predicted molar refractivity (Wildman–Crippen MR) is 68.6 cm³/mol. The Balaban J connectivity index is 2.03. The molecule has 2 N–H and O–H groups in total. The van der Waals surface area contributed by atoms with Crippen LogP contribution in [0, 0.1) is 13.8 Å². The highest BCUT2D eigenvalue weighted by molar-refractivity contribution is 7.13. The number of nitrogens with zero attached hydrogens (tertiary/aromatic N) is 1. The Morgan fingerprint density at radius 3 is 2.88 bits per heavy atom. The zero-order chi connectivity index (χ0) is 12.4. The number of thiophene rings is 1. The predicted octanol–water partition coefficient (Wildman–Crippen LogP) is 2.67. The number of aromatic amines is 1. The smallest absolute Gasteiger partial charge is 0.263 e. The molecular formula is C11H12ClN3OS. The Kier molecular flexibility index (Phi) is 3.49. The summed E-state index contributed by atoms with van der Waals surface area (Å²) in [6.45, 7) is 4.25. The van der Waals surface area contributed by atoms with Crippen molar-refractivity contribution in [1.29, 1.82) is 0 Å². The van der Waals surface area contributed by atoms with E-state index in [0.29, 0.717) is 16.4 Å². The summed E-state index contributed by atoms with van der Waals surface area (Å²) < 4.78 is 0. The maximum atomic E-state index is 11.9. The maximum absolute atomic E-state index is 11.9. The molecular weight excluding hydrogens is 258 g/mol. The highest BCUT2D eigenvalue weighted by Gasteiger charge is 2.14. The Bertz CT molecular complexity index is 547. The van der Waals surface area contributed by atoms with Crippen molar-refractivity contribution in [3.05, 3.63) is 38.3 Å². The van der Waals surface area contributed by atoms with Crippen molar-refractivity contribution < 1.29 is 4.79 Å². The van der Waals surface area contributed by atoms with Gasteiger partial charge in [-0.05, 0) is 24.8 Å². The number of rotatable bonds is 3. The fraction of sp³-hybridized carbons (Fsp3) is 0.273. The molecule has 0 aliphatic rings. The van der Waals surface area contributed by atoms with Crippen molar-refractivity contribution in [2.75, 3.05) is 0 Å². The van der Waals surface area contributed by atoms with Gasteiger partial charge in [-0.15, -0.1) is 11.3 Å². The number of aromatic nitrogens is 2. The molecule has 0 saturated heterocycles. The van der Waals surface area contributed by atoms with Crippen LogP contribution in [0.3, 0.4) is 0 Å². The largest absolute Gasteiger partial charge is 0.347 e. The van der Waals surface area contributed by atoms with E-state index in [1.807, 2.05) is 19.2 Å². The second kappa shape index (κ2) is 4.89. The number of halogens is 1. The summed E-state index contributed by atoms with van der Waals surface area (Å²) in [4.78, 5) is 12.4. The van der Waals surface area contributed by atoms with Crippen LogP contribution in [0.15, 0.2) is 11.6 Å². The number of carbonyl (C=O) groups excluding carboxylic acids is 1. The van der Waals surface area contributed by atoms with Gasteiger partial charge in [0, 0.05) is 17.8 Å². The lowest BCUT2D eigenvalue weighted by Crippen LogP contribution is -2.22. The van der Waals surface area contributed by atoms with Crippen molar-refractivity contribution in [2.45, 2.75) is 20.4 Å². The van der Waals surface area contributed by atoms with Gasteiger partial charge in [-0.3, -0.25) is 9.89 Å². The first kappa shape index (κ1) is 12.1. The molecule has 2 heterocycles. The van der Waals surface area contributed by atoms with E-state index in [9.17, 15) is 4.79 Å². The summed E-state index contributed by atoms with van der Waals surface area (Å²) in [5.74, 6) is -0.145. The van der Waals surface area contributed by atoms with Crippen LogP contribution in [-0.2, 0) is 6.54 Å². The number of H-pyrrole nitrogens is 1. The molecule has 0 aliphatic heterocycles. The normalized spacial score (nSPS) is 10.5. The molecule has 17 heavy (non-hydrogen) atoms. The highest BCUT2D eigenvalue weighted by Crippen LogP contribution is 2.26. The van der Waals surface area contributed by atoms with Crippen LogP contribution in [0.1, 0.15) is 26.5 Å². The third kappa shape index (κ3) is 2.50. The molecule has 4 nitrogen and oxygen atoms in total. The van der Waals surface area contributed by atoms with Crippen LogP contribution >= 0.6 is 22.9 Å². The number of hydrogen-bond donors (Lipinski definition) is 2. The van der Waals surface area contributed by atoms with Gasteiger partial charge in [0.15, 0.2) is 0 Å².